The highest BCUT2D eigenvalue weighted by Gasteiger charge is 2.18. The number of carbonyl (C=O) groups excluding carboxylic acids is 1. The summed E-state index contributed by atoms with van der Waals surface area (Å²) >= 11 is 1.19. The van der Waals surface area contributed by atoms with Crippen LogP contribution in [-0.2, 0) is 9.53 Å². The molecule has 0 saturated carbocycles. The second-order valence-electron chi connectivity index (χ2n) is 6.89. The van der Waals surface area contributed by atoms with Crippen molar-refractivity contribution in [1.29, 1.82) is 0 Å². The molecule has 0 aliphatic carbocycles. The summed E-state index contributed by atoms with van der Waals surface area (Å²) in [5, 5.41) is 11.4. The molecule has 5 rings (SSSR count). The maximum atomic E-state index is 12.5. The number of rotatable bonds is 6. The molecule has 2 aliphatic heterocycles. The van der Waals surface area contributed by atoms with Crippen molar-refractivity contribution >= 4 is 29.0 Å². The summed E-state index contributed by atoms with van der Waals surface area (Å²) in [6.07, 6.45) is 0. The van der Waals surface area contributed by atoms with Crippen molar-refractivity contribution in [3.8, 4) is 23.0 Å². The van der Waals surface area contributed by atoms with Gasteiger partial charge in [-0.3, -0.25) is 4.79 Å². The third-order valence-electron chi connectivity index (χ3n) is 4.88. The third-order valence-corrected chi connectivity index (χ3v) is 5.70. The minimum atomic E-state index is -0.145. The largest absolute Gasteiger partial charge is 0.454 e. The van der Waals surface area contributed by atoms with Crippen molar-refractivity contribution in [3.05, 3.63) is 42.5 Å². The number of hydrogen-bond donors (Lipinski definition) is 1. The number of benzene rings is 2. The molecule has 0 spiro atoms. The number of ether oxygens (including phenoxy) is 3. The minimum absolute atomic E-state index is 0.145. The van der Waals surface area contributed by atoms with Crippen LogP contribution in [0.25, 0.3) is 11.5 Å². The lowest BCUT2D eigenvalue weighted by molar-refractivity contribution is -0.113. The van der Waals surface area contributed by atoms with Crippen LogP contribution in [0.5, 0.6) is 11.5 Å². The molecule has 0 radical (unpaired) electrons. The minimum Gasteiger partial charge on any atom is -0.454 e. The van der Waals surface area contributed by atoms with Crippen molar-refractivity contribution in [1.82, 2.24) is 10.2 Å². The lowest BCUT2D eigenvalue weighted by Gasteiger charge is -2.30. The van der Waals surface area contributed by atoms with E-state index >= 15 is 0 Å². The number of hydrogen-bond acceptors (Lipinski definition) is 9. The van der Waals surface area contributed by atoms with Gasteiger partial charge in [-0.15, -0.1) is 10.2 Å². The normalized spacial score (nSPS) is 15.2. The number of nitrogens with zero attached hydrogens (tertiary/aromatic N) is 3. The second kappa shape index (κ2) is 8.86. The Hall–Kier alpha value is -3.24. The summed E-state index contributed by atoms with van der Waals surface area (Å²) in [6.45, 7) is 3.16. The van der Waals surface area contributed by atoms with Gasteiger partial charge in [-0.2, -0.15) is 0 Å². The number of anilines is 2. The Morgan fingerprint density at radius 3 is 2.81 bits per heavy atom. The standard InChI is InChI=1S/C21H20N4O5S/c26-19(22-15-3-1-2-4-16(15)25-7-9-27-10-8-25)12-31-21-24-23-20(30-21)14-5-6-17-18(11-14)29-13-28-17/h1-6,11H,7-10,12-13H2,(H,22,26). The van der Waals surface area contributed by atoms with Crippen LogP contribution in [0.2, 0.25) is 0 Å². The van der Waals surface area contributed by atoms with Crippen LogP contribution in [0.15, 0.2) is 52.1 Å². The summed E-state index contributed by atoms with van der Waals surface area (Å²) in [5.74, 6) is 1.70. The van der Waals surface area contributed by atoms with Gasteiger partial charge in [0, 0.05) is 18.7 Å². The highest BCUT2D eigenvalue weighted by Crippen LogP contribution is 2.36. The fourth-order valence-electron chi connectivity index (χ4n) is 3.39. The van der Waals surface area contributed by atoms with Gasteiger partial charge < -0.3 is 28.8 Å². The van der Waals surface area contributed by atoms with E-state index in [1.54, 1.807) is 12.1 Å². The number of morpholine rings is 1. The van der Waals surface area contributed by atoms with E-state index in [9.17, 15) is 4.79 Å². The van der Waals surface area contributed by atoms with Gasteiger partial charge in [-0.1, -0.05) is 23.9 Å². The van der Waals surface area contributed by atoms with E-state index in [1.165, 1.54) is 11.8 Å². The fraction of sp³-hybridized carbons (Fsp3) is 0.286. The molecular formula is C21H20N4O5S. The molecule has 160 valence electrons. The average molecular weight is 440 g/mol. The lowest BCUT2D eigenvalue weighted by atomic mass is 10.2. The van der Waals surface area contributed by atoms with Crippen molar-refractivity contribution in [2.45, 2.75) is 5.22 Å². The Morgan fingerprint density at radius 1 is 1.06 bits per heavy atom. The van der Waals surface area contributed by atoms with Crippen LogP contribution in [-0.4, -0.2) is 55.0 Å². The first kappa shape index (κ1) is 19.7. The molecule has 9 nitrogen and oxygen atoms in total. The Bertz CT molecular complexity index is 1080. The number of carbonyl (C=O) groups is 1. The van der Waals surface area contributed by atoms with Gasteiger partial charge in [0.25, 0.3) is 5.22 Å². The van der Waals surface area contributed by atoms with E-state index < -0.39 is 0 Å². The number of para-hydroxylation sites is 2. The van der Waals surface area contributed by atoms with Gasteiger partial charge in [0.1, 0.15) is 0 Å². The highest BCUT2D eigenvalue weighted by atomic mass is 32.2. The number of aromatic nitrogens is 2. The number of amides is 1. The maximum Gasteiger partial charge on any atom is 0.277 e. The topological polar surface area (TPSA) is 99.0 Å². The molecule has 2 aliphatic rings. The predicted octanol–water partition coefficient (Wildman–Crippen LogP) is 3.03. The van der Waals surface area contributed by atoms with E-state index in [0.29, 0.717) is 35.8 Å². The van der Waals surface area contributed by atoms with Crippen molar-refractivity contribution < 1.29 is 23.4 Å². The molecule has 0 bridgehead atoms. The van der Waals surface area contributed by atoms with E-state index in [4.69, 9.17) is 18.6 Å². The summed E-state index contributed by atoms with van der Waals surface area (Å²) < 4.78 is 21.8. The zero-order valence-electron chi connectivity index (χ0n) is 16.6. The van der Waals surface area contributed by atoms with E-state index in [1.807, 2.05) is 30.3 Å². The SMILES string of the molecule is O=C(CSc1nnc(-c2ccc3c(c2)OCO3)o1)Nc1ccccc1N1CCOCC1. The van der Waals surface area contributed by atoms with Crippen LogP contribution in [0.1, 0.15) is 0 Å². The van der Waals surface area contributed by atoms with Crippen LogP contribution < -0.4 is 19.7 Å². The molecule has 1 N–H and O–H groups in total. The molecule has 3 aromatic rings. The van der Waals surface area contributed by atoms with Crippen LogP contribution in [0.3, 0.4) is 0 Å². The molecule has 10 heteroatoms. The summed E-state index contributed by atoms with van der Waals surface area (Å²) in [5.41, 5.74) is 2.50. The third kappa shape index (κ3) is 4.44. The summed E-state index contributed by atoms with van der Waals surface area (Å²) in [6, 6.07) is 13.2. The molecule has 0 atom stereocenters. The number of fused-ring (bicyclic) bond motifs is 1. The number of thioether (sulfide) groups is 1. The Balaban J connectivity index is 1.20. The highest BCUT2D eigenvalue weighted by molar-refractivity contribution is 7.99. The van der Waals surface area contributed by atoms with Crippen LogP contribution >= 0.6 is 11.8 Å². The molecule has 1 aromatic heterocycles. The van der Waals surface area contributed by atoms with E-state index in [-0.39, 0.29) is 18.5 Å². The van der Waals surface area contributed by atoms with Gasteiger partial charge in [-0.05, 0) is 30.3 Å². The van der Waals surface area contributed by atoms with E-state index in [0.717, 1.165) is 30.0 Å². The first-order chi connectivity index (χ1) is 15.3. The van der Waals surface area contributed by atoms with Crippen molar-refractivity contribution in [2.75, 3.05) is 49.1 Å². The first-order valence-electron chi connectivity index (χ1n) is 9.84. The molecule has 1 fully saturated rings. The van der Waals surface area contributed by atoms with Gasteiger partial charge in [-0.25, -0.2) is 0 Å². The molecule has 3 heterocycles. The van der Waals surface area contributed by atoms with Crippen LogP contribution in [0, 0.1) is 0 Å². The quantitative estimate of drug-likeness (QED) is 0.580. The maximum absolute atomic E-state index is 12.5. The van der Waals surface area contributed by atoms with Gasteiger partial charge >= 0.3 is 0 Å². The van der Waals surface area contributed by atoms with E-state index in [2.05, 4.69) is 20.4 Å². The molecule has 31 heavy (non-hydrogen) atoms. The molecule has 0 unspecified atom stereocenters. The zero-order chi connectivity index (χ0) is 21.0. The van der Waals surface area contributed by atoms with Gasteiger partial charge in [0.05, 0.1) is 30.3 Å². The molecule has 2 aromatic carbocycles. The van der Waals surface area contributed by atoms with Crippen molar-refractivity contribution in [3.63, 3.8) is 0 Å². The Kier molecular flexibility index (Phi) is 5.63. The lowest BCUT2D eigenvalue weighted by Crippen LogP contribution is -2.36. The Morgan fingerprint density at radius 2 is 1.90 bits per heavy atom. The smallest absolute Gasteiger partial charge is 0.277 e. The zero-order valence-corrected chi connectivity index (χ0v) is 17.4. The molecular weight excluding hydrogens is 420 g/mol. The second-order valence-corrected chi connectivity index (χ2v) is 7.82. The predicted molar refractivity (Wildman–Crippen MR) is 115 cm³/mol. The fourth-order valence-corrected chi connectivity index (χ4v) is 3.95. The van der Waals surface area contributed by atoms with Crippen molar-refractivity contribution in [2.24, 2.45) is 0 Å². The van der Waals surface area contributed by atoms with Crippen LogP contribution in [0.4, 0.5) is 11.4 Å². The molecule has 1 saturated heterocycles. The van der Waals surface area contributed by atoms with Gasteiger partial charge in [0.15, 0.2) is 11.5 Å². The molecule has 1 amide bonds. The number of nitrogens with one attached hydrogen (secondary N) is 1. The van der Waals surface area contributed by atoms with Gasteiger partial charge in [0.2, 0.25) is 18.6 Å². The Labute approximate surface area is 182 Å². The summed E-state index contributed by atoms with van der Waals surface area (Å²) in [7, 11) is 0. The summed E-state index contributed by atoms with van der Waals surface area (Å²) in [4.78, 5) is 14.7. The first-order valence-corrected chi connectivity index (χ1v) is 10.8. The average Bonchev–Trinajstić information content (AvgIpc) is 3.48. The monoisotopic (exact) mass is 440 g/mol.